The van der Waals surface area contributed by atoms with Gasteiger partial charge < -0.3 is 15.6 Å². The van der Waals surface area contributed by atoms with Crippen LogP contribution in [0.25, 0.3) is 10.6 Å². The molecule has 3 N–H and O–H groups in total. The number of hydrogen-bond donors (Lipinski definition) is 3. The highest BCUT2D eigenvalue weighted by atomic mass is 32.1. The van der Waals surface area contributed by atoms with Gasteiger partial charge in [-0.15, -0.1) is 11.3 Å². The minimum Gasteiger partial charge on any atom is -0.347 e. The lowest BCUT2D eigenvalue weighted by Crippen LogP contribution is -2.22. The summed E-state index contributed by atoms with van der Waals surface area (Å²) in [6.07, 6.45) is 1.42. The van der Waals surface area contributed by atoms with E-state index in [4.69, 9.17) is 0 Å². The summed E-state index contributed by atoms with van der Waals surface area (Å²) in [4.78, 5) is 45.6. The zero-order valence-electron chi connectivity index (χ0n) is 17.2. The molecule has 2 aromatic carbocycles. The first-order valence-corrected chi connectivity index (χ1v) is 10.7. The van der Waals surface area contributed by atoms with E-state index in [1.165, 1.54) is 12.3 Å². The minimum absolute atomic E-state index is 0.135. The summed E-state index contributed by atoms with van der Waals surface area (Å²) in [6.45, 7) is 2.08. The van der Waals surface area contributed by atoms with Crippen LogP contribution in [0.3, 0.4) is 0 Å². The largest absolute Gasteiger partial charge is 0.347 e. The molecule has 32 heavy (non-hydrogen) atoms. The van der Waals surface area contributed by atoms with E-state index in [2.05, 4.69) is 20.6 Å². The number of aromatic nitrogens is 2. The minimum atomic E-state index is -0.448. The molecule has 0 aliphatic rings. The van der Waals surface area contributed by atoms with Crippen LogP contribution in [0.2, 0.25) is 0 Å². The number of rotatable bonds is 6. The highest BCUT2D eigenvalue weighted by Gasteiger charge is 2.22. The number of thiazole rings is 1. The third-order valence-corrected chi connectivity index (χ3v) is 5.92. The van der Waals surface area contributed by atoms with Gasteiger partial charge in [-0.1, -0.05) is 48.5 Å². The van der Waals surface area contributed by atoms with Crippen molar-refractivity contribution in [3.63, 3.8) is 0 Å². The summed E-state index contributed by atoms with van der Waals surface area (Å²) in [5, 5.41) is 5.97. The maximum Gasteiger partial charge on any atom is 0.263 e. The van der Waals surface area contributed by atoms with Crippen molar-refractivity contribution < 1.29 is 9.59 Å². The fourth-order valence-corrected chi connectivity index (χ4v) is 4.21. The van der Waals surface area contributed by atoms with Gasteiger partial charge in [0, 0.05) is 18.4 Å². The number of carbonyl (C=O) groups is 2. The first-order valence-electron chi connectivity index (χ1n) is 9.91. The van der Waals surface area contributed by atoms with Crippen molar-refractivity contribution in [2.75, 3.05) is 5.32 Å². The molecule has 4 aromatic rings. The molecule has 0 spiro atoms. The fourth-order valence-electron chi connectivity index (χ4n) is 3.17. The summed E-state index contributed by atoms with van der Waals surface area (Å²) in [5.74, 6) is -0.710. The number of nitrogens with one attached hydrogen (secondary N) is 3. The Balaban J connectivity index is 1.61. The van der Waals surface area contributed by atoms with Gasteiger partial charge >= 0.3 is 0 Å². The molecule has 0 unspecified atom stereocenters. The number of H-pyrrole nitrogens is 1. The highest BCUT2D eigenvalue weighted by molar-refractivity contribution is 7.17. The summed E-state index contributed by atoms with van der Waals surface area (Å²) in [5.41, 5.74) is 1.95. The van der Waals surface area contributed by atoms with E-state index in [0.29, 0.717) is 27.8 Å². The van der Waals surface area contributed by atoms with E-state index in [1.807, 2.05) is 36.4 Å². The van der Waals surface area contributed by atoms with E-state index in [1.54, 1.807) is 31.2 Å². The molecule has 4 rings (SSSR count). The number of amides is 2. The van der Waals surface area contributed by atoms with E-state index < -0.39 is 11.5 Å². The van der Waals surface area contributed by atoms with Crippen molar-refractivity contribution in [3.8, 4) is 10.6 Å². The summed E-state index contributed by atoms with van der Waals surface area (Å²) in [6, 6.07) is 20.1. The Kier molecular flexibility index (Phi) is 6.23. The second-order valence-corrected chi connectivity index (χ2v) is 8.02. The summed E-state index contributed by atoms with van der Waals surface area (Å²) >= 11 is 1.08. The standard InChI is InChI=1S/C24H20N4O3S/c1-15-20(23(31)26-14-16-8-4-2-5-9-16)32-24(27-15)19-18(12-13-25-22(19)30)21(29)28-17-10-6-3-7-11-17/h2-13H,14H2,1H3,(H,25,30)(H,26,31)(H,28,29). The van der Waals surface area contributed by atoms with Crippen molar-refractivity contribution in [2.45, 2.75) is 13.5 Å². The molecule has 2 amide bonds. The molecule has 0 aliphatic carbocycles. The molecule has 0 radical (unpaired) electrons. The molecule has 0 saturated carbocycles. The van der Waals surface area contributed by atoms with Crippen molar-refractivity contribution in [3.05, 3.63) is 105 Å². The van der Waals surface area contributed by atoms with Crippen LogP contribution in [0, 0.1) is 6.92 Å². The predicted molar refractivity (Wildman–Crippen MR) is 125 cm³/mol. The Morgan fingerprint density at radius 3 is 2.38 bits per heavy atom. The summed E-state index contributed by atoms with van der Waals surface area (Å²) < 4.78 is 0. The maximum absolute atomic E-state index is 12.9. The Morgan fingerprint density at radius 2 is 1.66 bits per heavy atom. The number of pyridine rings is 1. The number of para-hydroxylation sites is 1. The monoisotopic (exact) mass is 444 g/mol. The molecule has 0 fully saturated rings. The number of aromatic amines is 1. The van der Waals surface area contributed by atoms with E-state index in [-0.39, 0.29) is 17.0 Å². The third kappa shape index (κ3) is 4.65. The van der Waals surface area contributed by atoms with Crippen molar-refractivity contribution in [1.82, 2.24) is 15.3 Å². The molecular weight excluding hydrogens is 424 g/mol. The van der Waals surface area contributed by atoms with Gasteiger partial charge in [-0.3, -0.25) is 14.4 Å². The molecule has 0 saturated heterocycles. The third-order valence-electron chi connectivity index (χ3n) is 4.75. The molecular formula is C24H20N4O3S. The Bertz CT molecular complexity index is 1310. The average molecular weight is 445 g/mol. The lowest BCUT2D eigenvalue weighted by molar-refractivity contribution is 0.0953. The van der Waals surface area contributed by atoms with Gasteiger partial charge in [0.05, 0.1) is 16.8 Å². The Morgan fingerprint density at radius 1 is 0.969 bits per heavy atom. The predicted octanol–water partition coefficient (Wildman–Crippen LogP) is 3.99. The molecule has 160 valence electrons. The quantitative estimate of drug-likeness (QED) is 0.418. The van der Waals surface area contributed by atoms with Gasteiger partial charge in [-0.25, -0.2) is 4.98 Å². The molecule has 7 nitrogen and oxygen atoms in total. The Labute approximate surface area is 188 Å². The van der Waals surface area contributed by atoms with Gasteiger partial charge in [-0.05, 0) is 30.7 Å². The molecule has 2 aromatic heterocycles. The van der Waals surface area contributed by atoms with Crippen LogP contribution in [0.1, 0.15) is 31.3 Å². The zero-order chi connectivity index (χ0) is 22.5. The van der Waals surface area contributed by atoms with Crippen LogP contribution in [-0.2, 0) is 6.54 Å². The number of carbonyl (C=O) groups excluding carboxylic acids is 2. The van der Waals surface area contributed by atoms with E-state index >= 15 is 0 Å². The van der Waals surface area contributed by atoms with Crippen LogP contribution in [0.15, 0.2) is 77.7 Å². The molecule has 8 heteroatoms. The van der Waals surface area contributed by atoms with Crippen LogP contribution < -0.4 is 16.2 Å². The van der Waals surface area contributed by atoms with Crippen LogP contribution in [0.5, 0.6) is 0 Å². The van der Waals surface area contributed by atoms with Crippen molar-refractivity contribution >= 4 is 28.8 Å². The molecule has 0 aliphatic heterocycles. The van der Waals surface area contributed by atoms with Crippen LogP contribution >= 0.6 is 11.3 Å². The van der Waals surface area contributed by atoms with Crippen molar-refractivity contribution in [2.24, 2.45) is 0 Å². The molecule has 0 bridgehead atoms. The van der Waals surface area contributed by atoms with Gasteiger partial charge in [-0.2, -0.15) is 0 Å². The first-order chi connectivity index (χ1) is 15.5. The molecule has 0 atom stereocenters. The van der Waals surface area contributed by atoms with Gasteiger partial charge in [0.1, 0.15) is 9.88 Å². The van der Waals surface area contributed by atoms with Crippen LogP contribution in [-0.4, -0.2) is 21.8 Å². The molecule has 2 heterocycles. The average Bonchev–Trinajstić information content (AvgIpc) is 3.19. The second kappa shape index (κ2) is 9.40. The van der Waals surface area contributed by atoms with E-state index in [9.17, 15) is 14.4 Å². The topological polar surface area (TPSA) is 104 Å². The van der Waals surface area contributed by atoms with Crippen molar-refractivity contribution in [1.29, 1.82) is 0 Å². The Hall–Kier alpha value is -4.04. The lowest BCUT2D eigenvalue weighted by atomic mass is 10.1. The van der Waals surface area contributed by atoms with Gasteiger partial charge in [0.15, 0.2) is 0 Å². The van der Waals surface area contributed by atoms with Gasteiger partial charge in [0.25, 0.3) is 17.4 Å². The van der Waals surface area contributed by atoms with Crippen LogP contribution in [0.4, 0.5) is 5.69 Å². The van der Waals surface area contributed by atoms with E-state index in [0.717, 1.165) is 16.9 Å². The zero-order valence-corrected chi connectivity index (χ0v) is 18.0. The fraction of sp³-hybridized carbons (Fsp3) is 0.0833. The lowest BCUT2D eigenvalue weighted by Gasteiger charge is -2.08. The second-order valence-electron chi connectivity index (χ2n) is 7.02. The highest BCUT2D eigenvalue weighted by Crippen LogP contribution is 2.28. The SMILES string of the molecule is Cc1nc(-c2c(C(=O)Nc3ccccc3)cc[nH]c2=O)sc1C(=O)NCc1ccccc1. The maximum atomic E-state index is 12.9. The first kappa shape index (κ1) is 21.2. The number of anilines is 1. The number of nitrogens with zero attached hydrogens (tertiary/aromatic N) is 1. The summed E-state index contributed by atoms with van der Waals surface area (Å²) in [7, 11) is 0. The smallest absolute Gasteiger partial charge is 0.263 e. The number of aryl methyl sites for hydroxylation is 1. The normalized spacial score (nSPS) is 10.5. The number of hydrogen-bond acceptors (Lipinski definition) is 5. The number of benzene rings is 2. The van der Waals surface area contributed by atoms with Gasteiger partial charge in [0.2, 0.25) is 0 Å².